The van der Waals surface area contributed by atoms with Crippen LogP contribution in [0.5, 0.6) is 0 Å². The number of nitrogens with two attached hydrogens (primary N) is 1. The maximum atomic E-state index is 11.8. The van der Waals surface area contributed by atoms with Gasteiger partial charge in [0, 0.05) is 26.8 Å². The van der Waals surface area contributed by atoms with Crippen LogP contribution in [0.25, 0.3) is 0 Å². The molecule has 0 aliphatic heterocycles. The van der Waals surface area contributed by atoms with Crippen LogP contribution in [0.4, 0.5) is 11.5 Å². The van der Waals surface area contributed by atoms with E-state index in [9.17, 15) is 9.59 Å². The van der Waals surface area contributed by atoms with Crippen molar-refractivity contribution in [2.45, 2.75) is 13.8 Å². The molecule has 1 rings (SSSR count). The topological polar surface area (TPSA) is 97.5 Å². The number of hydrogen-bond acceptors (Lipinski definition) is 6. The summed E-state index contributed by atoms with van der Waals surface area (Å²) < 4.78 is 4.95. The van der Waals surface area contributed by atoms with Crippen LogP contribution in [-0.4, -0.2) is 44.1 Å². The zero-order chi connectivity index (χ0) is 16.0. The second-order valence-electron chi connectivity index (χ2n) is 4.71. The standard InChI is InChI=1S/C14H22N4O3/c1-5-21-14(20)10-6-7-17-12(11(10)15)18(4)8-9(2)13(19)16-3/h6-7,9H,5,8,15H2,1-4H3,(H,16,19). The Morgan fingerprint density at radius 1 is 1.52 bits per heavy atom. The van der Waals surface area contributed by atoms with Crippen LogP contribution in [0.2, 0.25) is 0 Å². The van der Waals surface area contributed by atoms with Crippen LogP contribution in [0, 0.1) is 5.92 Å². The molecular formula is C14H22N4O3. The summed E-state index contributed by atoms with van der Waals surface area (Å²) >= 11 is 0. The lowest BCUT2D eigenvalue weighted by Crippen LogP contribution is -2.35. The summed E-state index contributed by atoms with van der Waals surface area (Å²) in [5.74, 6) is -0.322. The number of rotatable bonds is 6. The van der Waals surface area contributed by atoms with Gasteiger partial charge in [-0.1, -0.05) is 6.92 Å². The minimum Gasteiger partial charge on any atom is -0.462 e. The molecule has 7 nitrogen and oxygen atoms in total. The normalized spacial score (nSPS) is 11.6. The molecule has 1 aromatic rings. The van der Waals surface area contributed by atoms with Crippen molar-refractivity contribution in [3.8, 4) is 0 Å². The lowest BCUT2D eigenvalue weighted by Gasteiger charge is -2.23. The van der Waals surface area contributed by atoms with E-state index >= 15 is 0 Å². The third-order valence-corrected chi connectivity index (χ3v) is 3.07. The molecule has 0 spiro atoms. The van der Waals surface area contributed by atoms with Crippen molar-refractivity contribution in [3.05, 3.63) is 17.8 Å². The highest BCUT2D eigenvalue weighted by molar-refractivity contribution is 5.97. The number of hydrogen-bond donors (Lipinski definition) is 2. The predicted octanol–water partition coefficient (Wildman–Crippen LogP) is 0.659. The van der Waals surface area contributed by atoms with Gasteiger partial charge in [0.1, 0.15) is 0 Å². The van der Waals surface area contributed by atoms with Crippen molar-refractivity contribution in [2.75, 3.05) is 37.9 Å². The molecular weight excluding hydrogens is 272 g/mol. The Bertz CT molecular complexity index is 519. The number of esters is 1. The molecule has 0 radical (unpaired) electrons. The molecule has 3 N–H and O–H groups in total. The first-order valence-corrected chi connectivity index (χ1v) is 6.76. The number of ether oxygens (including phenoxy) is 1. The van der Waals surface area contributed by atoms with Gasteiger partial charge in [0.2, 0.25) is 5.91 Å². The number of anilines is 2. The Hall–Kier alpha value is -2.31. The number of nitrogen functional groups attached to an aromatic ring is 1. The van der Waals surface area contributed by atoms with Gasteiger partial charge in [0.25, 0.3) is 0 Å². The molecule has 0 fully saturated rings. The number of nitrogens with zero attached hydrogens (tertiary/aromatic N) is 2. The molecule has 21 heavy (non-hydrogen) atoms. The highest BCUT2D eigenvalue weighted by Crippen LogP contribution is 2.24. The number of carbonyl (C=O) groups excluding carboxylic acids is 2. The second kappa shape index (κ2) is 7.47. The molecule has 0 aliphatic carbocycles. The monoisotopic (exact) mass is 294 g/mol. The zero-order valence-corrected chi connectivity index (χ0v) is 12.8. The van der Waals surface area contributed by atoms with Crippen molar-refractivity contribution < 1.29 is 14.3 Å². The minimum absolute atomic E-state index is 0.0676. The molecule has 0 saturated heterocycles. The van der Waals surface area contributed by atoms with Crippen LogP contribution in [0.1, 0.15) is 24.2 Å². The van der Waals surface area contributed by atoms with Crippen LogP contribution >= 0.6 is 0 Å². The quantitative estimate of drug-likeness (QED) is 0.748. The SMILES string of the molecule is CCOC(=O)c1ccnc(N(C)CC(C)C(=O)NC)c1N. The van der Waals surface area contributed by atoms with Crippen LogP contribution in [-0.2, 0) is 9.53 Å². The highest BCUT2D eigenvalue weighted by Gasteiger charge is 2.20. The first kappa shape index (κ1) is 16.7. The lowest BCUT2D eigenvalue weighted by atomic mass is 10.1. The molecule has 1 amide bonds. The summed E-state index contributed by atoms with van der Waals surface area (Å²) in [6.07, 6.45) is 1.50. The third kappa shape index (κ3) is 4.08. The zero-order valence-electron chi connectivity index (χ0n) is 12.8. The molecule has 1 unspecified atom stereocenters. The smallest absolute Gasteiger partial charge is 0.340 e. The number of aromatic nitrogens is 1. The van der Waals surface area contributed by atoms with Gasteiger partial charge in [-0.2, -0.15) is 0 Å². The molecule has 1 atom stereocenters. The van der Waals surface area contributed by atoms with E-state index in [2.05, 4.69) is 10.3 Å². The lowest BCUT2D eigenvalue weighted by molar-refractivity contribution is -0.123. The van der Waals surface area contributed by atoms with Crippen molar-refractivity contribution in [1.29, 1.82) is 0 Å². The molecule has 0 aromatic carbocycles. The molecule has 0 saturated carbocycles. The third-order valence-electron chi connectivity index (χ3n) is 3.07. The minimum atomic E-state index is -0.480. The number of nitrogens with one attached hydrogen (secondary N) is 1. The van der Waals surface area contributed by atoms with E-state index in [1.165, 1.54) is 12.3 Å². The maximum Gasteiger partial charge on any atom is 0.340 e. The van der Waals surface area contributed by atoms with E-state index < -0.39 is 5.97 Å². The Balaban J connectivity index is 2.95. The highest BCUT2D eigenvalue weighted by atomic mass is 16.5. The van der Waals surface area contributed by atoms with Crippen molar-refractivity contribution in [2.24, 2.45) is 5.92 Å². The Kier molecular flexibility index (Phi) is 5.95. The van der Waals surface area contributed by atoms with Gasteiger partial charge in [0.15, 0.2) is 5.82 Å². The van der Waals surface area contributed by atoms with Gasteiger partial charge in [-0.05, 0) is 13.0 Å². The Morgan fingerprint density at radius 3 is 2.76 bits per heavy atom. The van der Waals surface area contributed by atoms with Crippen LogP contribution in [0.3, 0.4) is 0 Å². The van der Waals surface area contributed by atoms with Gasteiger partial charge >= 0.3 is 5.97 Å². The summed E-state index contributed by atoms with van der Waals surface area (Å²) in [7, 11) is 3.36. The average Bonchev–Trinajstić information content (AvgIpc) is 2.46. The summed E-state index contributed by atoms with van der Waals surface area (Å²) in [6.45, 7) is 4.25. The Morgan fingerprint density at radius 2 is 2.19 bits per heavy atom. The number of carbonyl (C=O) groups is 2. The maximum absolute atomic E-state index is 11.8. The van der Waals surface area contributed by atoms with E-state index in [1.54, 1.807) is 32.8 Å². The molecule has 1 heterocycles. The molecule has 116 valence electrons. The second-order valence-corrected chi connectivity index (χ2v) is 4.71. The summed E-state index contributed by atoms with van der Waals surface area (Å²) in [5.41, 5.74) is 6.53. The van der Waals surface area contributed by atoms with Crippen molar-refractivity contribution in [1.82, 2.24) is 10.3 Å². The van der Waals surface area contributed by atoms with Gasteiger partial charge in [0.05, 0.1) is 23.8 Å². The molecule has 0 aliphatic rings. The van der Waals surface area contributed by atoms with E-state index in [1.807, 2.05) is 0 Å². The summed E-state index contributed by atoms with van der Waals surface area (Å²) in [6, 6.07) is 1.52. The first-order chi connectivity index (χ1) is 9.92. The fourth-order valence-electron chi connectivity index (χ4n) is 1.98. The summed E-state index contributed by atoms with van der Waals surface area (Å²) in [5, 5.41) is 2.59. The largest absolute Gasteiger partial charge is 0.462 e. The van der Waals surface area contributed by atoms with Crippen molar-refractivity contribution >= 4 is 23.4 Å². The van der Waals surface area contributed by atoms with E-state index in [-0.39, 0.29) is 29.7 Å². The number of amides is 1. The summed E-state index contributed by atoms with van der Waals surface area (Å²) in [4.78, 5) is 29.3. The predicted molar refractivity (Wildman–Crippen MR) is 81.1 cm³/mol. The fourth-order valence-corrected chi connectivity index (χ4v) is 1.98. The van der Waals surface area contributed by atoms with Crippen molar-refractivity contribution in [3.63, 3.8) is 0 Å². The Labute approximate surface area is 124 Å². The molecule has 1 aromatic heterocycles. The average molecular weight is 294 g/mol. The van der Waals surface area contributed by atoms with Gasteiger partial charge in [-0.3, -0.25) is 4.79 Å². The number of pyridine rings is 1. The molecule has 7 heteroatoms. The van der Waals surface area contributed by atoms with E-state index in [0.29, 0.717) is 12.4 Å². The molecule has 0 bridgehead atoms. The van der Waals surface area contributed by atoms with E-state index in [4.69, 9.17) is 10.5 Å². The van der Waals surface area contributed by atoms with Gasteiger partial charge < -0.3 is 20.7 Å². The van der Waals surface area contributed by atoms with Gasteiger partial charge in [-0.15, -0.1) is 0 Å². The van der Waals surface area contributed by atoms with Crippen LogP contribution in [0.15, 0.2) is 12.3 Å². The first-order valence-electron chi connectivity index (χ1n) is 6.76. The fraction of sp³-hybridized carbons (Fsp3) is 0.500. The van der Waals surface area contributed by atoms with E-state index in [0.717, 1.165) is 0 Å². The van der Waals surface area contributed by atoms with Gasteiger partial charge in [-0.25, -0.2) is 9.78 Å². The van der Waals surface area contributed by atoms with Crippen LogP contribution < -0.4 is 16.0 Å².